The molecule has 192 valence electrons. The summed E-state index contributed by atoms with van der Waals surface area (Å²) in [4.78, 5) is 40.7. The Hall–Kier alpha value is -3.64. The van der Waals surface area contributed by atoms with E-state index in [0.717, 1.165) is 11.0 Å². The monoisotopic (exact) mass is 507 g/mol. The molecule has 2 fully saturated rings. The van der Waals surface area contributed by atoms with E-state index in [4.69, 9.17) is 0 Å². The van der Waals surface area contributed by atoms with Gasteiger partial charge >= 0.3 is 12.2 Å². The molecule has 2 saturated heterocycles. The zero-order valence-electron chi connectivity index (χ0n) is 19.7. The number of hydrogen-bond acceptors (Lipinski definition) is 5. The number of H-pyrrole nitrogens is 1. The van der Waals surface area contributed by atoms with Gasteiger partial charge in [0.25, 0.3) is 5.56 Å². The number of nitrogens with zero attached hydrogens (tertiary/aromatic N) is 5. The van der Waals surface area contributed by atoms with Crippen molar-refractivity contribution in [2.45, 2.75) is 37.9 Å². The summed E-state index contributed by atoms with van der Waals surface area (Å²) in [7, 11) is 1.21. The first-order chi connectivity index (χ1) is 17.0. The second kappa shape index (κ2) is 8.49. The Balaban J connectivity index is 1.35. The minimum absolute atomic E-state index is 0.158. The summed E-state index contributed by atoms with van der Waals surface area (Å²) in [6, 6.07) is 0.0732. The number of nitrogens with one attached hydrogen (secondary N) is 2. The summed E-state index contributed by atoms with van der Waals surface area (Å²) in [6.45, 7) is 3.51. The summed E-state index contributed by atoms with van der Waals surface area (Å²) >= 11 is 0. The molecule has 1 spiro atoms. The average molecular weight is 507 g/mol. The molecule has 13 heteroatoms. The van der Waals surface area contributed by atoms with Crippen molar-refractivity contribution < 1.29 is 22.4 Å². The molecule has 0 bridgehead atoms. The molecule has 2 N–H and O–H groups in total. The Kier molecular flexibility index (Phi) is 5.67. The van der Waals surface area contributed by atoms with Crippen LogP contribution in [0.15, 0.2) is 29.5 Å². The predicted octanol–water partition coefficient (Wildman–Crippen LogP) is 3.73. The summed E-state index contributed by atoms with van der Waals surface area (Å²) in [5.41, 5.74) is -2.15. The van der Waals surface area contributed by atoms with Crippen LogP contribution in [-0.2, 0) is 13.2 Å². The second-order valence-electron chi connectivity index (χ2n) is 9.68. The zero-order chi connectivity index (χ0) is 25.8. The van der Waals surface area contributed by atoms with Crippen molar-refractivity contribution in [3.8, 4) is 0 Å². The number of aryl methyl sites for hydroxylation is 1. The molecule has 0 aliphatic carbocycles. The van der Waals surface area contributed by atoms with Crippen molar-refractivity contribution in [3.05, 3.63) is 46.4 Å². The van der Waals surface area contributed by atoms with Crippen LogP contribution >= 0.6 is 0 Å². The van der Waals surface area contributed by atoms with Gasteiger partial charge in [-0.05, 0) is 31.2 Å². The summed E-state index contributed by atoms with van der Waals surface area (Å²) in [5, 5.41) is 2.44. The fourth-order valence-corrected chi connectivity index (χ4v) is 5.40. The lowest BCUT2D eigenvalue weighted by Gasteiger charge is -2.45. The number of anilines is 2. The van der Waals surface area contributed by atoms with E-state index in [9.17, 15) is 27.2 Å². The molecule has 5 heterocycles. The third-order valence-electron chi connectivity index (χ3n) is 7.13. The van der Waals surface area contributed by atoms with Gasteiger partial charge in [0.2, 0.25) is 0 Å². The highest BCUT2D eigenvalue weighted by Gasteiger charge is 2.48. The minimum atomic E-state index is -4.66. The van der Waals surface area contributed by atoms with Crippen molar-refractivity contribution in [2.75, 3.05) is 29.9 Å². The van der Waals surface area contributed by atoms with Crippen molar-refractivity contribution >= 4 is 28.7 Å². The molecule has 5 rings (SSSR count). The van der Waals surface area contributed by atoms with Crippen LogP contribution in [0.1, 0.15) is 31.7 Å². The van der Waals surface area contributed by atoms with E-state index in [1.165, 1.54) is 13.2 Å². The van der Waals surface area contributed by atoms with E-state index in [1.807, 2.05) is 11.8 Å². The van der Waals surface area contributed by atoms with Crippen LogP contribution in [0, 0.1) is 11.7 Å². The molecule has 36 heavy (non-hydrogen) atoms. The predicted molar refractivity (Wildman–Crippen MR) is 124 cm³/mol. The van der Waals surface area contributed by atoms with Crippen molar-refractivity contribution in [1.82, 2.24) is 24.4 Å². The van der Waals surface area contributed by atoms with Crippen molar-refractivity contribution in [1.29, 1.82) is 0 Å². The molecular formula is C23H25F4N7O2. The van der Waals surface area contributed by atoms with Gasteiger partial charge in [-0.3, -0.25) is 4.79 Å². The fraction of sp³-hybridized carbons (Fsp3) is 0.478. The molecule has 2 amide bonds. The van der Waals surface area contributed by atoms with E-state index in [0.29, 0.717) is 56.2 Å². The lowest BCUT2D eigenvalue weighted by atomic mass is 9.83. The van der Waals surface area contributed by atoms with Crippen LogP contribution in [0.2, 0.25) is 0 Å². The number of amides is 2. The molecule has 2 aliphatic heterocycles. The smallest absolute Gasteiger partial charge is 0.355 e. The van der Waals surface area contributed by atoms with Gasteiger partial charge in [0.05, 0.1) is 11.8 Å². The molecular weight excluding hydrogens is 482 g/mol. The largest absolute Gasteiger partial charge is 0.417 e. The number of hydrogen-bond donors (Lipinski definition) is 2. The molecule has 9 nitrogen and oxygen atoms in total. The van der Waals surface area contributed by atoms with Gasteiger partial charge < -0.3 is 24.7 Å². The standard InChI is InChI=1S/C23H25F4N7O2/c1-13-8-22(3-5-33(6-4-22)17-10-29-19-18(31-17)15(24)9-28-19)34(11-13)21(36)30-16-7-14(23(25,26)27)12-32(2)20(16)35/h7,9-10,12-13H,3-6,8,11H2,1-2H3,(H,28,29)(H,30,36)/t13-/m1/s1. The highest BCUT2D eigenvalue weighted by atomic mass is 19.4. The number of urea groups is 1. The third-order valence-corrected chi connectivity index (χ3v) is 7.13. The number of fused-ring (bicyclic) bond motifs is 1. The first kappa shape index (κ1) is 24.1. The molecule has 0 saturated carbocycles. The van der Waals surface area contributed by atoms with Gasteiger partial charge in [0.15, 0.2) is 11.5 Å². The Morgan fingerprint density at radius 3 is 2.69 bits per heavy atom. The topological polar surface area (TPSA) is 99.1 Å². The van der Waals surface area contributed by atoms with Gasteiger partial charge in [-0.25, -0.2) is 19.2 Å². The lowest BCUT2D eigenvalue weighted by molar-refractivity contribution is -0.138. The molecule has 0 aromatic carbocycles. The molecule has 2 aliphatic rings. The summed E-state index contributed by atoms with van der Waals surface area (Å²) in [5.74, 6) is 0.225. The SMILES string of the molecule is C[C@H]1CN(C(=O)Nc2cc(C(F)(F)F)cn(C)c2=O)C2(CCN(c3cnc4[nH]cc(F)c4n3)CC2)C1. The maximum atomic E-state index is 14.0. The van der Waals surface area contributed by atoms with E-state index >= 15 is 0 Å². The van der Waals surface area contributed by atoms with Gasteiger partial charge in [-0.15, -0.1) is 0 Å². The molecule has 1 atom stereocenters. The van der Waals surface area contributed by atoms with Crippen LogP contribution in [0.25, 0.3) is 11.2 Å². The van der Waals surface area contributed by atoms with E-state index in [1.54, 1.807) is 11.1 Å². The first-order valence-corrected chi connectivity index (χ1v) is 11.6. The first-order valence-electron chi connectivity index (χ1n) is 11.6. The molecule has 0 radical (unpaired) electrons. The zero-order valence-corrected chi connectivity index (χ0v) is 19.7. The fourth-order valence-electron chi connectivity index (χ4n) is 5.40. The Morgan fingerprint density at radius 2 is 2.00 bits per heavy atom. The molecule has 3 aromatic heterocycles. The van der Waals surface area contributed by atoms with Crippen LogP contribution < -0.4 is 15.8 Å². The Labute approximate surface area is 203 Å². The van der Waals surface area contributed by atoms with Gasteiger partial charge in [0.1, 0.15) is 17.0 Å². The van der Waals surface area contributed by atoms with E-state index in [2.05, 4.69) is 20.3 Å². The van der Waals surface area contributed by atoms with Crippen molar-refractivity contribution in [2.24, 2.45) is 13.0 Å². The van der Waals surface area contributed by atoms with Crippen LogP contribution in [0.3, 0.4) is 0 Å². The average Bonchev–Trinajstić information content (AvgIpc) is 3.35. The number of carbonyl (C=O) groups excluding carboxylic acids is 1. The number of aromatic amines is 1. The normalized spacial score (nSPS) is 19.9. The highest BCUT2D eigenvalue weighted by molar-refractivity contribution is 5.90. The maximum Gasteiger partial charge on any atom is 0.417 e. The number of alkyl halides is 3. The van der Waals surface area contributed by atoms with Gasteiger partial charge in [-0.1, -0.05) is 6.92 Å². The number of pyridine rings is 1. The number of likely N-dealkylation sites (tertiary alicyclic amines) is 1. The highest BCUT2D eigenvalue weighted by Crippen LogP contribution is 2.42. The van der Waals surface area contributed by atoms with Crippen LogP contribution in [0.4, 0.5) is 33.9 Å². The quantitative estimate of drug-likeness (QED) is 0.515. The van der Waals surface area contributed by atoms with E-state index < -0.39 is 40.4 Å². The van der Waals surface area contributed by atoms with Gasteiger partial charge in [0, 0.05) is 44.6 Å². The van der Waals surface area contributed by atoms with Crippen LogP contribution in [0.5, 0.6) is 0 Å². The lowest BCUT2D eigenvalue weighted by Crippen LogP contribution is -2.55. The van der Waals surface area contributed by atoms with Crippen LogP contribution in [-0.4, -0.2) is 55.6 Å². The summed E-state index contributed by atoms with van der Waals surface area (Å²) in [6.07, 6.45) is 0.714. The number of rotatable bonds is 2. The number of aromatic nitrogens is 4. The third kappa shape index (κ3) is 4.16. The van der Waals surface area contributed by atoms with Crippen molar-refractivity contribution in [3.63, 3.8) is 0 Å². The number of piperidine rings is 1. The number of carbonyl (C=O) groups is 1. The molecule has 0 unspecified atom stereocenters. The second-order valence-corrected chi connectivity index (χ2v) is 9.68. The Morgan fingerprint density at radius 1 is 1.28 bits per heavy atom. The minimum Gasteiger partial charge on any atom is -0.355 e. The number of halogens is 4. The summed E-state index contributed by atoms with van der Waals surface area (Å²) < 4.78 is 54.5. The van der Waals surface area contributed by atoms with Gasteiger partial charge in [-0.2, -0.15) is 13.2 Å². The Bertz CT molecular complexity index is 1380. The molecule has 3 aromatic rings. The maximum absolute atomic E-state index is 14.0. The van der Waals surface area contributed by atoms with E-state index in [-0.39, 0.29) is 11.4 Å².